The molecule has 0 aromatic heterocycles. The van der Waals surface area contributed by atoms with E-state index < -0.39 is 0 Å². The van der Waals surface area contributed by atoms with Crippen molar-refractivity contribution in [1.82, 2.24) is 10.2 Å². The molecule has 118 valence electrons. The van der Waals surface area contributed by atoms with Gasteiger partial charge in [-0.2, -0.15) is 11.8 Å². The number of thioether (sulfide) groups is 1. The van der Waals surface area contributed by atoms with Gasteiger partial charge in [0.05, 0.1) is 0 Å². The number of nitrogens with one attached hydrogen (secondary N) is 1. The van der Waals surface area contributed by atoms with Crippen LogP contribution in [-0.2, 0) is 0 Å². The molecule has 0 amide bonds. The van der Waals surface area contributed by atoms with Crippen LogP contribution in [0.5, 0.6) is 0 Å². The maximum Gasteiger partial charge on any atom is 0.00967 e. The Morgan fingerprint density at radius 2 is 1.95 bits per heavy atom. The zero-order valence-electron chi connectivity index (χ0n) is 14.0. The van der Waals surface area contributed by atoms with Crippen LogP contribution in [0.25, 0.3) is 0 Å². The summed E-state index contributed by atoms with van der Waals surface area (Å²) in [6.45, 7) is 14.5. The topological polar surface area (TPSA) is 15.3 Å². The van der Waals surface area contributed by atoms with Crippen LogP contribution in [0.15, 0.2) is 0 Å². The van der Waals surface area contributed by atoms with Crippen LogP contribution in [0, 0.1) is 11.3 Å². The fourth-order valence-electron chi connectivity index (χ4n) is 3.82. The third-order valence-corrected chi connectivity index (χ3v) is 5.78. The second kappa shape index (κ2) is 7.02. The smallest absolute Gasteiger partial charge is 0.00967 e. The van der Waals surface area contributed by atoms with Crippen LogP contribution in [0.3, 0.4) is 0 Å². The number of hydrogen-bond donors (Lipinski definition) is 1. The lowest BCUT2D eigenvalue weighted by molar-refractivity contribution is 0.0780. The molecule has 0 spiro atoms. The quantitative estimate of drug-likeness (QED) is 0.853. The molecule has 1 aliphatic heterocycles. The molecule has 1 heterocycles. The van der Waals surface area contributed by atoms with Crippen LogP contribution >= 0.6 is 11.8 Å². The first-order chi connectivity index (χ1) is 9.39. The van der Waals surface area contributed by atoms with Crippen LogP contribution in [-0.4, -0.2) is 48.1 Å². The summed E-state index contributed by atoms with van der Waals surface area (Å²) in [5.74, 6) is 3.57. The van der Waals surface area contributed by atoms with E-state index >= 15 is 0 Å². The number of nitrogens with zero attached hydrogens (tertiary/aromatic N) is 1. The fourth-order valence-corrected chi connectivity index (χ4v) is 4.79. The molecule has 2 fully saturated rings. The average Bonchev–Trinajstić information content (AvgIpc) is 2.37. The molecule has 0 radical (unpaired) electrons. The van der Waals surface area contributed by atoms with Gasteiger partial charge in [0.2, 0.25) is 0 Å². The predicted octanol–water partition coefficient (Wildman–Crippen LogP) is 3.62. The first-order valence-corrected chi connectivity index (χ1v) is 9.59. The Morgan fingerprint density at radius 3 is 2.55 bits per heavy atom. The largest absolute Gasteiger partial charge is 0.311 e. The van der Waals surface area contributed by atoms with E-state index in [9.17, 15) is 0 Å². The van der Waals surface area contributed by atoms with E-state index in [-0.39, 0.29) is 5.54 Å². The molecule has 2 aliphatic rings. The molecule has 2 unspecified atom stereocenters. The van der Waals surface area contributed by atoms with Crippen molar-refractivity contribution in [1.29, 1.82) is 0 Å². The molecule has 0 bridgehead atoms. The van der Waals surface area contributed by atoms with Crippen molar-refractivity contribution < 1.29 is 0 Å². The van der Waals surface area contributed by atoms with Crippen molar-refractivity contribution in [2.24, 2.45) is 11.3 Å². The zero-order chi connectivity index (χ0) is 14.6. The standard InChI is InChI=1S/C17H34N2S/c1-15-6-5-7-17(12-15,13-18-16(2,3)4)14-19-8-10-20-11-9-19/h15,18H,5-14H2,1-4H3. The highest BCUT2D eigenvalue weighted by Gasteiger charge is 2.37. The number of rotatable bonds is 4. The minimum atomic E-state index is 0.242. The van der Waals surface area contributed by atoms with Gasteiger partial charge in [-0.05, 0) is 44.9 Å². The summed E-state index contributed by atoms with van der Waals surface area (Å²) < 4.78 is 0. The second-order valence-electron chi connectivity index (χ2n) is 8.19. The molecule has 1 saturated carbocycles. The third-order valence-electron chi connectivity index (χ3n) is 4.84. The highest BCUT2D eigenvalue weighted by Crippen LogP contribution is 2.40. The Kier molecular flexibility index (Phi) is 5.84. The van der Waals surface area contributed by atoms with Crippen molar-refractivity contribution in [3.8, 4) is 0 Å². The zero-order valence-corrected chi connectivity index (χ0v) is 14.8. The van der Waals surface area contributed by atoms with Crippen molar-refractivity contribution in [3.05, 3.63) is 0 Å². The minimum absolute atomic E-state index is 0.242. The monoisotopic (exact) mass is 298 g/mol. The highest BCUT2D eigenvalue weighted by atomic mass is 32.2. The maximum absolute atomic E-state index is 3.81. The number of hydrogen-bond acceptors (Lipinski definition) is 3. The van der Waals surface area contributed by atoms with Gasteiger partial charge in [-0.25, -0.2) is 0 Å². The van der Waals surface area contributed by atoms with Crippen LogP contribution in [0.2, 0.25) is 0 Å². The summed E-state index contributed by atoms with van der Waals surface area (Å²) in [7, 11) is 0. The van der Waals surface area contributed by atoms with Gasteiger partial charge in [0.15, 0.2) is 0 Å². The van der Waals surface area contributed by atoms with E-state index in [4.69, 9.17) is 0 Å². The first-order valence-electron chi connectivity index (χ1n) is 8.44. The fraction of sp³-hybridized carbons (Fsp3) is 1.00. The predicted molar refractivity (Wildman–Crippen MR) is 91.6 cm³/mol. The Morgan fingerprint density at radius 1 is 1.25 bits per heavy atom. The molecule has 1 aliphatic carbocycles. The van der Waals surface area contributed by atoms with E-state index in [1.807, 2.05) is 0 Å². The molecule has 0 aromatic rings. The van der Waals surface area contributed by atoms with Crippen molar-refractivity contribution >= 4 is 11.8 Å². The average molecular weight is 299 g/mol. The SMILES string of the molecule is CC1CCCC(CNC(C)(C)C)(CN2CCSCC2)C1. The van der Waals surface area contributed by atoms with Crippen molar-refractivity contribution in [3.63, 3.8) is 0 Å². The van der Waals surface area contributed by atoms with E-state index in [2.05, 4.69) is 49.7 Å². The van der Waals surface area contributed by atoms with E-state index in [0.29, 0.717) is 5.41 Å². The lowest BCUT2D eigenvalue weighted by Crippen LogP contribution is -2.51. The molecule has 20 heavy (non-hydrogen) atoms. The molecule has 2 nitrogen and oxygen atoms in total. The molecule has 2 atom stereocenters. The molecule has 2 rings (SSSR count). The van der Waals surface area contributed by atoms with E-state index in [0.717, 1.165) is 5.92 Å². The van der Waals surface area contributed by atoms with Gasteiger partial charge in [-0.15, -0.1) is 0 Å². The maximum atomic E-state index is 3.81. The van der Waals surface area contributed by atoms with Gasteiger partial charge in [0.25, 0.3) is 0 Å². The summed E-state index contributed by atoms with van der Waals surface area (Å²) in [6, 6.07) is 0. The van der Waals surface area contributed by atoms with Gasteiger partial charge in [0, 0.05) is 43.2 Å². The summed E-state index contributed by atoms with van der Waals surface area (Å²) in [4.78, 5) is 2.74. The second-order valence-corrected chi connectivity index (χ2v) is 9.42. The minimum Gasteiger partial charge on any atom is -0.311 e. The van der Waals surface area contributed by atoms with Crippen LogP contribution < -0.4 is 5.32 Å². The Bertz CT molecular complexity index is 294. The Labute approximate surface area is 130 Å². The van der Waals surface area contributed by atoms with Gasteiger partial charge < -0.3 is 10.2 Å². The molecule has 3 heteroatoms. The Balaban J connectivity index is 1.98. The van der Waals surface area contributed by atoms with Crippen LogP contribution in [0.4, 0.5) is 0 Å². The summed E-state index contributed by atoms with van der Waals surface area (Å²) in [5, 5.41) is 3.81. The lowest BCUT2D eigenvalue weighted by atomic mass is 9.69. The molecule has 1 saturated heterocycles. The third kappa shape index (κ3) is 5.23. The van der Waals surface area contributed by atoms with E-state index in [1.165, 1.54) is 63.4 Å². The van der Waals surface area contributed by atoms with Crippen molar-refractivity contribution in [2.45, 2.75) is 58.9 Å². The molecule has 0 aromatic carbocycles. The van der Waals surface area contributed by atoms with Crippen molar-refractivity contribution in [2.75, 3.05) is 37.7 Å². The van der Waals surface area contributed by atoms with E-state index in [1.54, 1.807) is 0 Å². The lowest BCUT2D eigenvalue weighted by Gasteiger charge is -2.45. The summed E-state index contributed by atoms with van der Waals surface area (Å²) in [6.07, 6.45) is 5.70. The normalized spacial score (nSPS) is 33.3. The van der Waals surface area contributed by atoms with Gasteiger partial charge in [0.1, 0.15) is 0 Å². The molecular weight excluding hydrogens is 264 g/mol. The van der Waals surface area contributed by atoms with Gasteiger partial charge in [-0.3, -0.25) is 0 Å². The molecular formula is C17H34N2S. The van der Waals surface area contributed by atoms with Gasteiger partial charge in [-0.1, -0.05) is 19.8 Å². The molecule has 1 N–H and O–H groups in total. The first kappa shape index (κ1) is 16.6. The Hall–Kier alpha value is 0.270. The highest BCUT2D eigenvalue weighted by molar-refractivity contribution is 7.99. The van der Waals surface area contributed by atoms with Gasteiger partial charge >= 0.3 is 0 Å². The van der Waals surface area contributed by atoms with Crippen LogP contribution in [0.1, 0.15) is 53.4 Å². The summed E-state index contributed by atoms with van der Waals surface area (Å²) >= 11 is 2.12. The summed E-state index contributed by atoms with van der Waals surface area (Å²) in [5.41, 5.74) is 0.762.